The van der Waals surface area contributed by atoms with Crippen LogP contribution in [0.25, 0.3) is 0 Å². The molecule has 0 saturated carbocycles. The van der Waals surface area contributed by atoms with Crippen LogP contribution in [-0.2, 0) is 14.6 Å². The molecular weight excluding hydrogens is 228 g/mol. The van der Waals surface area contributed by atoms with E-state index in [1.807, 2.05) is 20.8 Å². The Kier molecular flexibility index (Phi) is 4.94. The van der Waals surface area contributed by atoms with Gasteiger partial charge >= 0.3 is 0 Å². The third-order valence-electron chi connectivity index (χ3n) is 2.95. The Morgan fingerprint density at radius 1 is 1.38 bits per heavy atom. The van der Waals surface area contributed by atoms with Gasteiger partial charge in [0.2, 0.25) is 4.87 Å². The van der Waals surface area contributed by atoms with Crippen LogP contribution in [0, 0.1) is 11.8 Å². The van der Waals surface area contributed by atoms with Gasteiger partial charge in [0.25, 0.3) is 5.91 Å². The summed E-state index contributed by atoms with van der Waals surface area (Å²) in [6, 6.07) is 0. The predicted octanol–water partition coefficient (Wildman–Crippen LogP) is 0.244. The van der Waals surface area contributed by atoms with Crippen LogP contribution in [0.15, 0.2) is 0 Å². The highest BCUT2D eigenvalue weighted by molar-refractivity contribution is 7.92. The minimum absolute atomic E-state index is 0.0211. The van der Waals surface area contributed by atoms with Crippen molar-refractivity contribution in [2.75, 3.05) is 6.26 Å². The highest BCUT2D eigenvalue weighted by Gasteiger charge is 2.50. The maximum atomic E-state index is 11.7. The SMILES string of the molecule is CCCC(C(C)C)C(N)(C(N)=O)S(C)(=O)=O. The Hall–Kier alpha value is -0.620. The van der Waals surface area contributed by atoms with Crippen LogP contribution in [0.4, 0.5) is 0 Å². The zero-order chi connectivity index (χ0) is 13.1. The zero-order valence-electron chi connectivity index (χ0n) is 10.4. The van der Waals surface area contributed by atoms with Gasteiger partial charge in [-0.05, 0) is 12.3 Å². The van der Waals surface area contributed by atoms with Gasteiger partial charge in [-0.15, -0.1) is 0 Å². The lowest BCUT2D eigenvalue weighted by molar-refractivity contribution is -0.122. The molecule has 0 radical (unpaired) electrons. The Morgan fingerprint density at radius 3 is 2.00 bits per heavy atom. The standard InChI is InChI=1S/C10H22N2O3S/c1-5-6-8(7(2)3)10(12,9(11)13)16(4,14)15/h7-8H,5-6,12H2,1-4H3,(H2,11,13). The van der Waals surface area contributed by atoms with E-state index in [-0.39, 0.29) is 5.92 Å². The van der Waals surface area contributed by atoms with E-state index in [0.29, 0.717) is 6.42 Å². The lowest BCUT2D eigenvalue weighted by Gasteiger charge is -2.35. The predicted molar refractivity (Wildman–Crippen MR) is 64.2 cm³/mol. The molecule has 0 aromatic carbocycles. The molecule has 16 heavy (non-hydrogen) atoms. The van der Waals surface area contributed by atoms with Gasteiger partial charge < -0.3 is 11.5 Å². The summed E-state index contributed by atoms with van der Waals surface area (Å²) in [6.07, 6.45) is 2.28. The van der Waals surface area contributed by atoms with Gasteiger partial charge in [0.1, 0.15) is 0 Å². The van der Waals surface area contributed by atoms with Gasteiger partial charge in [0.15, 0.2) is 9.84 Å². The van der Waals surface area contributed by atoms with Crippen LogP contribution >= 0.6 is 0 Å². The van der Waals surface area contributed by atoms with Crippen LogP contribution in [0.5, 0.6) is 0 Å². The summed E-state index contributed by atoms with van der Waals surface area (Å²) < 4.78 is 23.4. The van der Waals surface area contributed by atoms with E-state index in [4.69, 9.17) is 11.5 Å². The lowest BCUT2D eigenvalue weighted by Crippen LogP contribution is -2.63. The van der Waals surface area contributed by atoms with E-state index in [1.54, 1.807) is 0 Å². The molecule has 0 aromatic heterocycles. The third-order valence-corrected chi connectivity index (χ3v) is 4.68. The van der Waals surface area contributed by atoms with Crippen molar-refractivity contribution in [1.82, 2.24) is 0 Å². The van der Waals surface area contributed by atoms with Crippen molar-refractivity contribution in [3.8, 4) is 0 Å². The quantitative estimate of drug-likeness (QED) is 0.704. The van der Waals surface area contributed by atoms with Gasteiger partial charge in [-0.2, -0.15) is 0 Å². The fraction of sp³-hybridized carbons (Fsp3) is 0.900. The molecule has 0 bridgehead atoms. The highest BCUT2D eigenvalue weighted by atomic mass is 32.2. The van der Waals surface area contributed by atoms with Crippen molar-refractivity contribution in [3.05, 3.63) is 0 Å². The molecular formula is C10H22N2O3S. The number of rotatable bonds is 6. The second-order valence-electron chi connectivity index (χ2n) is 4.57. The Labute approximate surface area is 97.5 Å². The van der Waals surface area contributed by atoms with Crippen LogP contribution in [0.2, 0.25) is 0 Å². The smallest absolute Gasteiger partial charge is 0.253 e. The summed E-state index contributed by atoms with van der Waals surface area (Å²) in [7, 11) is -3.73. The molecule has 5 nitrogen and oxygen atoms in total. The second-order valence-corrected chi connectivity index (χ2v) is 6.79. The maximum Gasteiger partial charge on any atom is 0.253 e. The van der Waals surface area contributed by atoms with E-state index in [0.717, 1.165) is 12.7 Å². The van der Waals surface area contributed by atoms with E-state index < -0.39 is 26.5 Å². The molecule has 0 rings (SSSR count). The molecule has 0 saturated heterocycles. The Balaban J connectivity index is 5.58. The summed E-state index contributed by atoms with van der Waals surface area (Å²) in [5.41, 5.74) is 11.0. The third kappa shape index (κ3) is 2.74. The van der Waals surface area contributed by atoms with Crippen LogP contribution < -0.4 is 11.5 Å². The minimum Gasteiger partial charge on any atom is -0.367 e. The Bertz CT molecular complexity index is 351. The normalized spacial score (nSPS) is 18.1. The molecule has 0 fully saturated rings. The van der Waals surface area contributed by atoms with Gasteiger partial charge in [-0.3, -0.25) is 4.79 Å². The first kappa shape index (κ1) is 15.4. The first-order valence-electron chi connectivity index (χ1n) is 5.37. The van der Waals surface area contributed by atoms with Crippen molar-refractivity contribution < 1.29 is 13.2 Å². The van der Waals surface area contributed by atoms with Crippen LogP contribution in [-0.4, -0.2) is 25.5 Å². The minimum atomic E-state index is -3.73. The van der Waals surface area contributed by atoms with Crippen molar-refractivity contribution in [3.63, 3.8) is 0 Å². The maximum absolute atomic E-state index is 11.7. The number of sulfone groups is 1. The molecule has 1 amide bonds. The summed E-state index contributed by atoms with van der Waals surface area (Å²) in [4.78, 5) is 9.45. The first-order chi connectivity index (χ1) is 7.09. The number of primary amides is 1. The Morgan fingerprint density at radius 2 is 1.81 bits per heavy atom. The average Bonchev–Trinajstić information content (AvgIpc) is 2.10. The summed E-state index contributed by atoms with van der Waals surface area (Å²) in [5.74, 6) is -1.45. The van der Waals surface area contributed by atoms with Crippen LogP contribution in [0.3, 0.4) is 0 Å². The topological polar surface area (TPSA) is 103 Å². The first-order valence-corrected chi connectivity index (χ1v) is 7.26. The number of nitrogens with two attached hydrogens (primary N) is 2. The molecule has 2 unspecified atom stereocenters. The number of amides is 1. The van der Waals surface area contributed by atoms with Crippen molar-refractivity contribution >= 4 is 15.7 Å². The lowest BCUT2D eigenvalue weighted by atomic mass is 9.84. The molecule has 0 heterocycles. The summed E-state index contributed by atoms with van der Waals surface area (Å²) in [5, 5.41) is 0. The zero-order valence-corrected chi connectivity index (χ0v) is 11.2. The average molecular weight is 250 g/mol. The van der Waals surface area contributed by atoms with Gasteiger partial charge in [-0.25, -0.2) is 8.42 Å². The molecule has 0 aliphatic heterocycles. The number of hydrogen-bond acceptors (Lipinski definition) is 4. The van der Waals surface area contributed by atoms with Gasteiger partial charge in [-0.1, -0.05) is 27.2 Å². The second kappa shape index (κ2) is 5.14. The molecule has 0 aliphatic carbocycles. The molecule has 4 N–H and O–H groups in total. The van der Waals surface area contributed by atoms with Crippen molar-refractivity contribution in [2.24, 2.45) is 23.3 Å². The fourth-order valence-electron chi connectivity index (χ4n) is 1.99. The van der Waals surface area contributed by atoms with Crippen molar-refractivity contribution in [1.29, 1.82) is 0 Å². The number of hydrogen-bond donors (Lipinski definition) is 2. The van der Waals surface area contributed by atoms with Crippen LogP contribution in [0.1, 0.15) is 33.6 Å². The van der Waals surface area contributed by atoms with E-state index in [9.17, 15) is 13.2 Å². The van der Waals surface area contributed by atoms with E-state index >= 15 is 0 Å². The number of carbonyl (C=O) groups excluding carboxylic acids is 1. The van der Waals surface area contributed by atoms with Gasteiger partial charge in [0, 0.05) is 12.2 Å². The fourth-order valence-corrected chi connectivity index (χ4v) is 3.30. The molecule has 6 heteroatoms. The highest BCUT2D eigenvalue weighted by Crippen LogP contribution is 2.31. The van der Waals surface area contributed by atoms with E-state index in [2.05, 4.69) is 0 Å². The monoisotopic (exact) mass is 250 g/mol. The molecule has 0 aromatic rings. The molecule has 0 aliphatic rings. The largest absolute Gasteiger partial charge is 0.367 e. The van der Waals surface area contributed by atoms with Crippen molar-refractivity contribution in [2.45, 2.75) is 38.5 Å². The molecule has 0 spiro atoms. The molecule has 96 valence electrons. The molecule has 2 atom stereocenters. The summed E-state index contributed by atoms with van der Waals surface area (Å²) in [6.45, 7) is 5.60. The number of carbonyl (C=O) groups is 1. The van der Waals surface area contributed by atoms with Gasteiger partial charge in [0.05, 0.1) is 0 Å². The summed E-state index contributed by atoms with van der Waals surface area (Å²) >= 11 is 0. The van der Waals surface area contributed by atoms with E-state index in [1.165, 1.54) is 0 Å².